The molecule has 28 heavy (non-hydrogen) atoms. The lowest BCUT2D eigenvalue weighted by Gasteiger charge is -2.41. The molecule has 1 aromatic carbocycles. The molecule has 1 unspecified atom stereocenters. The van der Waals surface area contributed by atoms with Crippen LogP contribution in [-0.2, 0) is 21.0 Å². The molecule has 1 atom stereocenters. The van der Waals surface area contributed by atoms with E-state index in [0.717, 1.165) is 27.4 Å². The zero-order valence-electron chi connectivity index (χ0n) is 14.9. The van der Waals surface area contributed by atoms with E-state index in [-0.39, 0.29) is 38.5 Å². The Hall–Kier alpha value is -2.18. The summed E-state index contributed by atoms with van der Waals surface area (Å²) in [6.45, 7) is 0.546. The number of amides is 3. The molecule has 0 bridgehead atoms. The van der Waals surface area contributed by atoms with Gasteiger partial charge in [0.25, 0.3) is 0 Å². The molecular weight excluding hydrogens is 401 g/mol. The number of rotatable bonds is 3. The van der Waals surface area contributed by atoms with E-state index in [4.69, 9.17) is 0 Å². The van der Waals surface area contributed by atoms with Crippen LogP contribution in [0.1, 0.15) is 12.0 Å². The van der Waals surface area contributed by atoms with Gasteiger partial charge in [0.2, 0.25) is 15.9 Å². The number of halogens is 3. The van der Waals surface area contributed by atoms with Crippen LogP contribution in [0.5, 0.6) is 0 Å². The van der Waals surface area contributed by atoms with Gasteiger partial charge in [-0.2, -0.15) is 17.5 Å². The molecule has 0 saturated carbocycles. The fourth-order valence-electron chi connectivity index (χ4n) is 3.16. The van der Waals surface area contributed by atoms with Crippen LogP contribution in [0.15, 0.2) is 29.2 Å². The molecule has 1 N–H and O–H groups in total. The first-order chi connectivity index (χ1) is 13.0. The maximum absolute atomic E-state index is 12.9. The van der Waals surface area contributed by atoms with Crippen molar-refractivity contribution in [1.29, 1.82) is 0 Å². The van der Waals surface area contributed by atoms with E-state index in [1.54, 1.807) is 4.90 Å². The minimum absolute atomic E-state index is 0.0367. The van der Waals surface area contributed by atoms with Crippen LogP contribution in [0.25, 0.3) is 0 Å². The van der Waals surface area contributed by atoms with Crippen molar-refractivity contribution < 1.29 is 31.2 Å². The molecule has 12 heteroatoms. The number of benzene rings is 1. The highest BCUT2D eigenvalue weighted by Gasteiger charge is 2.37. The summed E-state index contributed by atoms with van der Waals surface area (Å²) in [5.74, 6) is -0.340. The third-order valence-corrected chi connectivity index (χ3v) is 6.74. The van der Waals surface area contributed by atoms with Crippen LogP contribution < -0.4 is 5.32 Å². The average molecular weight is 420 g/mol. The topological polar surface area (TPSA) is 90.0 Å². The van der Waals surface area contributed by atoms with Gasteiger partial charge in [0.05, 0.1) is 23.0 Å². The van der Waals surface area contributed by atoms with Crippen LogP contribution in [0.3, 0.4) is 0 Å². The van der Waals surface area contributed by atoms with Crippen molar-refractivity contribution >= 4 is 22.0 Å². The number of hydrogen-bond donors (Lipinski definition) is 1. The molecule has 2 heterocycles. The summed E-state index contributed by atoms with van der Waals surface area (Å²) in [5.41, 5.74) is -1.03. The number of carbonyl (C=O) groups is 2. The van der Waals surface area contributed by atoms with Gasteiger partial charge in [-0.25, -0.2) is 13.2 Å². The predicted molar refractivity (Wildman–Crippen MR) is 91.5 cm³/mol. The fourth-order valence-corrected chi connectivity index (χ4v) is 4.63. The summed E-state index contributed by atoms with van der Waals surface area (Å²) >= 11 is 0. The standard InChI is InChI=1S/C16H19F3N4O4S/c1-21-14(24)10-13(20-15(21)25)22-5-7-23(8-6-22)28(26,27)12-4-2-3-11(9-12)16(17,18)19/h2-4,9,13H,5-8,10H2,1H3,(H,20,25). The van der Waals surface area contributed by atoms with Crippen molar-refractivity contribution in [2.24, 2.45) is 0 Å². The van der Waals surface area contributed by atoms with Crippen LogP contribution in [-0.4, -0.2) is 73.9 Å². The first-order valence-electron chi connectivity index (χ1n) is 8.48. The number of urea groups is 1. The lowest BCUT2D eigenvalue weighted by Crippen LogP contribution is -2.62. The van der Waals surface area contributed by atoms with Gasteiger partial charge < -0.3 is 5.32 Å². The highest BCUT2D eigenvalue weighted by molar-refractivity contribution is 7.89. The van der Waals surface area contributed by atoms with Crippen LogP contribution in [0, 0.1) is 0 Å². The molecule has 0 radical (unpaired) electrons. The van der Waals surface area contributed by atoms with E-state index in [9.17, 15) is 31.2 Å². The van der Waals surface area contributed by atoms with Gasteiger partial charge in [-0.1, -0.05) is 6.07 Å². The predicted octanol–water partition coefficient (Wildman–Crippen LogP) is 0.910. The summed E-state index contributed by atoms with van der Waals surface area (Å²) in [4.78, 5) is 25.9. The van der Waals surface area contributed by atoms with Crippen LogP contribution in [0.2, 0.25) is 0 Å². The number of sulfonamides is 1. The Balaban J connectivity index is 1.69. The summed E-state index contributed by atoms with van der Waals surface area (Å²) in [7, 11) is -2.72. The van der Waals surface area contributed by atoms with E-state index in [0.29, 0.717) is 6.07 Å². The van der Waals surface area contributed by atoms with Gasteiger partial charge >= 0.3 is 12.2 Å². The normalized spacial score (nSPS) is 23.0. The number of nitrogens with zero attached hydrogens (tertiary/aromatic N) is 3. The van der Waals surface area contributed by atoms with Crippen molar-refractivity contribution in [3.05, 3.63) is 29.8 Å². The molecule has 2 saturated heterocycles. The molecule has 0 spiro atoms. The van der Waals surface area contributed by atoms with E-state index in [1.165, 1.54) is 7.05 Å². The summed E-state index contributed by atoms with van der Waals surface area (Å²) in [5, 5.41) is 2.67. The Morgan fingerprint density at radius 2 is 1.75 bits per heavy atom. The minimum Gasteiger partial charge on any atom is -0.322 e. The Kier molecular flexibility index (Phi) is 5.38. The zero-order valence-corrected chi connectivity index (χ0v) is 15.8. The molecule has 0 aliphatic carbocycles. The Morgan fingerprint density at radius 3 is 2.32 bits per heavy atom. The Morgan fingerprint density at radius 1 is 1.11 bits per heavy atom. The zero-order chi connectivity index (χ0) is 20.7. The molecule has 2 aliphatic rings. The van der Waals surface area contributed by atoms with Gasteiger partial charge in [0.15, 0.2) is 0 Å². The molecule has 3 rings (SSSR count). The lowest BCUT2D eigenvalue weighted by molar-refractivity contribution is -0.137. The quantitative estimate of drug-likeness (QED) is 0.785. The van der Waals surface area contributed by atoms with Crippen molar-refractivity contribution in [2.45, 2.75) is 23.7 Å². The van der Waals surface area contributed by atoms with Gasteiger partial charge in [-0.15, -0.1) is 0 Å². The maximum Gasteiger partial charge on any atom is 0.416 e. The van der Waals surface area contributed by atoms with Gasteiger partial charge in [0.1, 0.15) is 0 Å². The highest BCUT2D eigenvalue weighted by Crippen LogP contribution is 2.31. The first-order valence-corrected chi connectivity index (χ1v) is 9.92. The van der Waals surface area contributed by atoms with E-state index < -0.39 is 38.9 Å². The van der Waals surface area contributed by atoms with E-state index in [1.807, 2.05) is 0 Å². The minimum atomic E-state index is -4.64. The van der Waals surface area contributed by atoms with E-state index in [2.05, 4.69) is 5.32 Å². The van der Waals surface area contributed by atoms with Gasteiger partial charge in [0, 0.05) is 33.2 Å². The molecule has 154 valence electrons. The number of imide groups is 1. The van der Waals surface area contributed by atoms with Crippen LogP contribution in [0.4, 0.5) is 18.0 Å². The monoisotopic (exact) mass is 420 g/mol. The molecule has 3 amide bonds. The average Bonchev–Trinajstić information content (AvgIpc) is 2.65. The van der Waals surface area contributed by atoms with Crippen molar-refractivity contribution in [3.63, 3.8) is 0 Å². The number of hydrogen-bond acceptors (Lipinski definition) is 5. The second-order valence-corrected chi connectivity index (χ2v) is 8.53. The molecule has 8 nitrogen and oxygen atoms in total. The van der Waals surface area contributed by atoms with Crippen molar-refractivity contribution in [2.75, 3.05) is 33.2 Å². The summed E-state index contributed by atoms with van der Waals surface area (Å²) in [6, 6.07) is 3.10. The Bertz CT molecular complexity index is 864. The summed E-state index contributed by atoms with van der Waals surface area (Å²) < 4.78 is 65.1. The second-order valence-electron chi connectivity index (χ2n) is 6.59. The van der Waals surface area contributed by atoms with Gasteiger partial charge in [-0.3, -0.25) is 14.6 Å². The SMILES string of the molecule is CN1C(=O)CC(N2CCN(S(=O)(=O)c3cccc(C(F)(F)F)c3)CC2)NC1=O. The van der Waals surface area contributed by atoms with E-state index >= 15 is 0 Å². The van der Waals surface area contributed by atoms with Crippen molar-refractivity contribution in [3.8, 4) is 0 Å². The molecule has 2 fully saturated rings. The third kappa shape index (κ3) is 3.98. The second kappa shape index (κ2) is 7.33. The number of carbonyl (C=O) groups excluding carboxylic acids is 2. The molecule has 2 aliphatic heterocycles. The number of piperazine rings is 1. The largest absolute Gasteiger partial charge is 0.416 e. The molecule has 0 aromatic heterocycles. The summed E-state index contributed by atoms with van der Waals surface area (Å²) in [6.07, 6.45) is -5.10. The van der Waals surface area contributed by atoms with Crippen molar-refractivity contribution in [1.82, 2.24) is 19.4 Å². The number of nitrogens with one attached hydrogen (secondary N) is 1. The molecule has 1 aromatic rings. The Labute approximate surface area is 159 Å². The third-order valence-electron chi connectivity index (χ3n) is 4.85. The smallest absolute Gasteiger partial charge is 0.322 e. The lowest BCUT2D eigenvalue weighted by atomic mass is 10.2. The number of alkyl halides is 3. The van der Waals surface area contributed by atoms with Crippen LogP contribution >= 0.6 is 0 Å². The van der Waals surface area contributed by atoms with Gasteiger partial charge in [-0.05, 0) is 18.2 Å². The fraction of sp³-hybridized carbons (Fsp3) is 0.500. The maximum atomic E-state index is 12.9. The first kappa shape index (κ1) is 20.6. The highest BCUT2D eigenvalue weighted by atomic mass is 32.2. The molecular formula is C16H19F3N4O4S.